The zero-order valence-electron chi connectivity index (χ0n) is 12.4. The number of halogens is 1. The third kappa shape index (κ3) is 3.97. The van der Waals surface area contributed by atoms with Gasteiger partial charge in [-0.25, -0.2) is 0 Å². The van der Waals surface area contributed by atoms with E-state index < -0.39 is 0 Å². The van der Waals surface area contributed by atoms with Crippen molar-refractivity contribution in [2.24, 2.45) is 5.84 Å². The van der Waals surface area contributed by atoms with Gasteiger partial charge in [-0.15, -0.1) is 0 Å². The van der Waals surface area contributed by atoms with Gasteiger partial charge in [0.15, 0.2) is 0 Å². The van der Waals surface area contributed by atoms with E-state index in [1.54, 1.807) is 6.07 Å². The Bertz CT molecular complexity index is 593. The van der Waals surface area contributed by atoms with Crippen LogP contribution in [0.4, 0.5) is 5.69 Å². The largest absolute Gasteiger partial charge is 0.398 e. The fraction of sp³-hybridized carbons (Fsp3) is 0.294. The lowest BCUT2D eigenvalue weighted by Gasteiger charge is -2.19. The number of nitrogens with two attached hydrogens (primary N) is 2. The maximum Gasteiger partial charge on any atom is 0.0520 e. The van der Waals surface area contributed by atoms with E-state index in [1.165, 1.54) is 11.1 Å². The Balaban J connectivity index is 2.18. The molecule has 112 valence electrons. The van der Waals surface area contributed by atoms with Crippen LogP contribution in [0, 0.1) is 0 Å². The van der Waals surface area contributed by atoms with Gasteiger partial charge >= 0.3 is 0 Å². The number of benzene rings is 2. The lowest BCUT2D eigenvalue weighted by molar-refractivity contribution is 0.553. The molecule has 0 aliphatic rings. The van der Waals surface area contributed by atoms with Gasteiger partial charge in [-0.2, -0.15) is 0 Å². The van der Waals surface area contributed by atoms with E-state index >= 15 is 0 Å². The summed E-state index contributed by atoms with van der Waals surface area (Å²) < 4.78 is 0. The van der Waals surface area contributed by atoms with Gasteiger partial charge in [0.05, 0.1) is 6.04 Å². The molecule has 0 aromatic heterocycles. The highest BCUT2D eigenvalue weighted by Crippen LogP contribution is 2.26. The van der Waals surface area contributed by atoms with Crippen LogP contribution in [0.1, 0.15) is 42.5 Å². The maximum atomic E-state index is 6.04. The average Bonchev–Trinajstić information content (AvgIpc) is 2.46. The number of rotatable bonds is 5. The topological polar surface area (TPSA) is 64.1 Å². The Morgan fingerprint density at radius 3 is 2.29 bits per heavy atom. The molecule has 4 heteroatoms. The highest BCUT2D eigenvalue weighted by Gasteiger charge is 2.14. The number of hydrogen-bond donors (Lipinski definition) is 3. The van der Waals surface area contributed by atoms with Crippen LogP contribution in [0.25, 0.3) is 0 Å². The van der Waals surface area contributed by atoms with Gasteiger partial charge in [0.2, 0.25) is 0 Å². The minimum absolute atomic E-state index is 0.0350. The number of hydrogen-bond acceptors (Lipinski definition) is 3. The molecule has 0 spiro atoms. The van der Waals surface area contributed by atoms with Crippen molar-refractivity contribution in [3.63, 3.8) is 0 Å². The van der Waals surface area contributed by atoms with E-state index in [0.717, 1.165) is 12.0 Å². The summed E-state index contributed by atoms with van der Waals surface area (Å²) in [5.41, 5.74) is 13.1. The van der Waals surface area contributed by atoms with Crippen molar-refractivity contribution in [3.8, 4) is 0 Å². The summed E-state index contributed by atoms with van der Waals surface area (Å²) in [7, 11) is 0. The molecule has 1 unspecified atom stereocenters. The monoisotopic (exact) mass is 303 g/mol. The standard InChI is InChI=1S/C17H22ClN3/c1-11(2)13-5-3-12(4-6-13)9-17(21-20)15-8-7-14(18)10-16(15)19/h3-8,10-11,17,21H,9,19-20H2,1-2H3. The Morgan fingerprint density at radius 1 is 1.10 bits per heavy atom. The fourth-order valence-electron chi connectivity index (χ4n) is 2.40. The molecule has 5 N–H and O–H groups in total. The minimum atomic E-state index is -0.0350. The van der Waals surface area contributed by atoms with Gasteiger partial charge in [0.1, 0.15) is 0 Å². The molecule has 0 heterocycles. The molecule has 0 aliphatic heterocycles. The normalized spacial score (nSPS) is 12.6. The minimum Gasteiger partial charge on any atom is -0.398 e. The molecule has 1 atom stereocenters. The number of nitrogen functional groups attached to an aromatic ring is 1. The van der Waals surface area contributed by atoms with Gasteiger partial charge in [-0.1, -0.05) is 55.8 Å². The zero-order chi connectivity index (χ0) is 15.4. The van der Waals surface area contributed by atoms with Crippen LogP contribution < -0.4 is 17.0 Å². The van der Waals surface area contributed by atoms with E-state index in [4.69, 9.17) is 23.2 Å². The average molecular weight is 304 g/mol. The molecule has 0 saturated heterocycles. The molecule has 2 aromatic rings. The third-order valence-electron chi connectivity index (χ3n) is 3.71. The zero-order valence-corrected chi connectivity index (χ0v) is 13.2. The predicted molar refractivity (Wildman–Crippen MR) is 90.2 cm³/mol. The molecule has 2 rings (SSSR count). The second-order valence-corrected chi connectivity index (χ2v) is 6.03. The maximum absolute atomic E-state index is 6.04. The van der Waals surface area contributed by atoms with Crippen molar-refractivity contribution in [1.82, 2.24) is 5.43 Å². The molecular formula is C17H22ClN3. The van der Waals surface area contributed by atoms with Crippen LogP contribution >= 0.6 is 11.6 Å². The van der Waals surface area contributed by atoms with Gasteiger partial charge in [-0.05, 0) is 41.2 Å². The van der Waals surface area contributed by atoms with Crippen LogP contribution in [-0.2, 0) is 6.42 Å². The molecular weight excluding hydrogens is 282 g/mol. The van der Waals surface area contributed by atoms with Crippen molar-refractivity contribution in [1.29, 1.82) is 0 Å². The molecule has 2 aromatic carbocycles. The molecule has 21 heavy (non-hydrogen) atoms. The molecule has 0 aliphatic carbocycles. The summed E-state index contributed by atoms with van der Waals surface area (Å²) >= 11 is 5.94. The first-order chi connectivity index (χ1) is 10.0. The van der Waals surface area contributed by atoms with E-state index in [-0.39, 0.29) is 6.04 Å². The highest BCUT2D eigenvalue weighted by atomic mass is 35.5. The van der Waals surface area contributed by atoms with Gasteiger partial charge in [-0.3, -0.25) is 11.3 Å². The first-order valence-corrected chi connectivity index (χ1v) is 7.49. The van der Waals surface area contributed by atoms with Gasteiger partial charge in [0.25, 0.3) is 0 Å². The van der Waals surface area contributed by atoms with Crippen molar-refractivity contribution in [2.45, 2.75) is 32.2 Å². The summed E-state index contributed by atoms with van der Waals surface area (Å²) in [4.78, 5) is 0. The second-order valence-electron chi connectivity index (χ2n) is 5.59. The van der Waals surface area contributed by atoms with Gasteiger partial charge < -0.3 is 5.73 Å². The van der Waals surface area contributed by atoms with Crippen LogP contribution in [0.15, 0.2) is 42.5 Å². The third-order valence-corrected chi connectivity index (χ3v) is 3.95. The quantitative estimate of drug-likeness (QED) is 0.447. The first kappa shape index (κ1) is 15.8. The summed E-state index contributed by atoms with van der Waals surface area (Å²) in [6, 6.07) is 14.1. The van der Waals surface area contributed by atoms with Crippen molar-refractivity contribution < 1.29 is 0 Å². The summed E-state index contributed by atoms with van der Waals surface area (Å²) in [6.07, 6.45) is 0.778. The number of anilines is 1. The first-order valence-electron chi connectivity index (χ1n) is 7.11. The fourth-order valence-corrected chi connectivity index (χ4v) is 2.58. The Labute approximate surface area is 131 Å². The van der Waals surface area contributed by atoms with Crippen LogP contribution in [0.2, 0.25) is 5.02 Å². The van der Waals surface area contributed by atoms with Crippen LogP contribution in [0.5, 0.6) is 0 Å². The van der Waals surface area contributed by atoms with E-state index in [0.29, 0.717) is 16.6 Å². The number of hydrazine groups is 1. The van der Waals surface area contributed by atoms with E-state index in [2.05, 4.69) is 43.5 Å². The molecule has 3 nitrogen and oxygen atoms in total. The Hall–Kier alpha value is -1.55. The predicted octanol–water partition coefficient (Wildman–Crippen LogP) is 3.79. The highest BCUT2D eigenvalue weighted by molar-refractivity contribution is 6.30. The molecule has 0 fully saturated rings. The summed E-state index contributed by atoms with van der Waals surface area (Å²) in [5, 5.41) is 0.633. The van der Waals surface area contributed by atoms with Crippen LogP contribution in [-0.4, -0.2) is 0 Å². The molecule has 0 radical (unpaired) electrons. The Morgan fingerprint density at radius 2 is 1.76 bits per heavy atom. The molecule has 0 bridgehead atoms. The smallest absolute Gasteiger partial charge is 0.0520 e. The summed E-state index contributed by atoms with van der Waals surface area (Å²) in [6.45, 7) is 4.38. The van der Waals surface area contributed by atoms with Crippen molar-refractivity contribution in [3.05, 3.63) is 64.2 Å². The second kappa shape index (κ2) is 6.94. The van der Waals surface area contributed by atoms with E-state index in [9.17, 15) is 0 Å². The summed E-state index contributed by atoms with van der Waals surface area (Å²) in [5.74, 6) is 6.24. The SMILES string of the molecule is CC(C)c1ccc(CC(NN)c2ccc(Cl)cc2N)cc1. The lowest BCUT2D eigenvalue weighted by Crippen LogP contribution is -2.30. The molecule has 0 saturated carbocycles. The van der Waals surface area contributed by atoms with Crippen molar-refractivity contribution in [2.75, 3.05) is 5.73 Å². The number of nitrogens with one attached hydrogen (secondary N) is 1. The van der Waals surface area contributed by atoms with Crippen molar-refractivity contribution >= 4 is 17.3 Å². The Kier molecular flexibility index (Phi) is 5.23. The van der Waals surface area contributed by atoms with Crippen LogP contribution in [0.3, 0.4) is 0 Å². The lowest BCUT2D eigenvalue weighted by atomic mass is 9.95. The van der Waals surface area contributed by atoms with Gasteiger partial charge in [0, 0.05) is 10.7 Å². The van der Waals surface area contributed by atoms with E-state index in [1.807, 2.05) is 12.1 Å². The molecule has 0 amide bonds.